The van der Waals surface area contributed by atoms with Crippen LogP contribution in [0.5, 0.6) is 0 Å². The van der Waals surface area contributed by atoms with E-state index in [0.717, 1.165) is 62.8 Å². The van der Waals surface area contributed by atoms with Gasteiger partial charge in [0.05, 0.1) is 6.04 Å². The van der Waals surface area contributed by atoms with E-state index in [1.54, 1.807) is 11.9 Å². The van der Waals surface area contributed by atoms with Crippen LogP contribution in [-0.2, 0) is 11.2 Å². The van der Waals surface area contributed by atoms with Crippen LogP contribution in [-0.4, -0.2) is 75.0 Å². The normalized spacial score (nSPS) is 17.8. The first-order chi connectivity index (χ1) is 13.0. The summed E-state index contributed by atoms with van der Waals surface area (Å²) < 4.78 is 0. The highest BCUT2D eigenvalue weighted by Gasteiger charge is 2.30. The highest BCUT2D eigenvalue weighted by Crippen LogP contribution is 2.18. The third-order valence-electron chi connectivity index (χ3n) is 4.85. The van der Waals surface area contributed by atoms with Gasteiger partial charge in [-0.15, -0.1) is 0 Å². The molecule has 1 aliphatic rings. The van der Waals surface area contributed by atoms with E-state index < -0.39 is 0 Å². The number of aliphatic imine (C=N–C) groups is 1. The molecule has 0 bridgehead atoms. The number of likely N-dealkylation sites (tertiary alicyclic amines) is 1. The summed E-state index contributed by atoms with van der Waals surface area (Å²) in [5.41, 5.74) is 1.24. The van der Waals surface area contributed by atoms with Crippen molar-refractivity contribution in [3.05, 3.63) is 34.9 Å². The minimum atomic E-state index is 0.0526. The molecule has 1 atom stereocenters. The molecular weight excluding hydrogens is 362 g/mol. The molecule has 7 heteroatoms. The Bertz CT molecular complexity index is 617. The summed E-state index contributed by atoms with van der Waals surface area (Å²) in [5.74, 6) is 1.03. The fraction of sp³-hybridized carbons (Fsp3) is 0.600. The van der Waals surface area contributed by atoms with Gasteiger partial charge in [0.1, 0.15) is 0 Å². The van der Waals surface area contributed by atoms with Crippen molar-refractivity contribution < 1.29 is 4.79 Å². The van der Waals surface area contributed by atoms with Gasteiger partial charge >= 0.3 is 0 Å². The van der Waals surface area contributed by atoms with E-state index in [1.165, 1.54) is 5.56 Å². The molecule has 1 fully saturated rings. The maximum Gasteiger partial charge on any atom is 0.239 e. The average Bonchev–Trinajstić information content (AvgIpc) is 3.12. The van der Waals surface area contributed by atoms with Crippen molar-refractivity contribution in [3.8, 4) is 0 Å². The molecule has 0 aromatic heterocycles. The Kier molecular flexibility index (Phi) is 8.88. The van der Waals surface area contributed by atoms with Gasteiger partial charge in [0.2, 0.25) is 5.91 Å². The monoisotopic (exact) mass is 393 g/mol. The van der Waals surface area contributed by atoms with Crippen LogP contribution in [0, 0.1) is 0 Å². The second kappa shape index (κ2) is 11.1. The smallest absolute Gasteiger partial charge is 0.239 e. The maximum absolute atomic E-state index is 12.2. The van der Waals surface area contributed by atoms with Gasteiger partial charge in [-0.3, -0.25) is 14.7 Å². The summed E-state index contributed by atoms with van der Waals surface area (Å²) in [6.45, 7) is 3.59. The molecule has 6 nitrogen and oxygen atoms in total. The second-order valence-corrected chi connectivity index (χ2v) is 7.52. The van der Waals surface area contributed by atoms with Crippen LogP contribution < -0.4 is 10.6 Å². The van der Waals surface area contributed by atoms with E-state index in [2.05, 4.69) is 20.5 Å². The van der Waals surface area contributed by atoms with E-state index >= 15 is 0 Å². The van der Waals surface area contributed by atoms with Crippen LogP contribution in [0.15, 0.2) is 29.3 Å². The first kappa shape index (κ1) is 21.5. The van der Waals surface area contributed by atoms with Gasteiger partial charge < -0.3 is 15.5 Å². The number of guanidine groups is 1. The lowest BCUT2D eigenvalue weighted by Crippen LogP contribution is -2.44. The number of halogens is 1. The highest BCUT2D eigenvalue weighted by atomic mass is 35.5. The summed E-state index contributed by atoms with van der Waals surface area (Å²) in [4.78, 5) is 20.5. The van der Waals surface area contributed by atoms with Gasteiger partial charge in [0.15, 0.2) is 5.96 Å². The molecule has 150 valence electrons. The third kappa shape index (κ3) is 7.03. The number of hydrogen-bond donors (Lipinski definition) is 2. The van der Waals surface area contributed by atoms with Crippen LogP contribution >= 0.6 is 11.6 Å². The molecule has 0 aliphatic carbocycles. The molecule has 0 spiro atoms. The minimum Gasteiger partial charge on any atom is -0.356 e. The Morgan fingerprint density at radius 2 is 1.96 bits per heavy atom. The van der Waals surface area contributed by atoms with Gasteiger partial charge in [-0.25, -0.2) is 0 Å². The number of nitrogens with zero attached hydrogens (tertiary/aromatic N) is 3. The van der Waals surface area contributed by atoms with Gasteiger partial charge in [0.25, 0.3) is 0 Å². The lowest BCUT2D eigenvalue weighted by molar-refractivity contribution is -0.133. The van der Waals surface area contributed by atoms with Gasteiger partial charge in [0, 0.05) is 45.8 Å². The maximum atomic E-state index is 12.2. The van der Waals surface area contributed by atoms with Crippen LogP contribution in [0.1, 0.15) is 24.8 Å². The van der Waals surface area contributed by atoms with Crippen LogP contribution in [0.25, 0.3) is 0 Å². The molecule has 2 N–H and O–H groups in total. The van der Waals surface area contributed by atoms with E-state index in [1.807, 2.05) is 38.4 Å². The van der Waals surface area contributed by atoms with Crippen molar-refractivity contribution in [2.75, 3.05) is 47.3 Å². The molecule has 1 heterocycles. The number of carbonyl (C=O) groups excluding carboxylic acids is 1. The van der Waals surface area contributed by atoms with E-state index in [0.29, 0.717) is 0 Å². The van der Waals surface area contributed by atoms with Crippen molar-refractivity contribution in [1.29, 1.82) is 0 Å². The Morgan fingerprint density at radius 3 is 2.63 bits per heavy atom. The molecule has 1 aromatic rings. The molecule has 0 radical (unpaired) electrons. The zero-order valence-corrected chi connectivity index (χ0v) is 17.4. The second-order valence-electron chi connectivity index (χ2n) is 7.08. The lowest BCUT2D eigenvalue weighted by Gasteiger charge is -2.26. The number of amides is 1. The Hall–Kier alpha value is -1.79. The molecular formula is C20H32ClN5O. The fourth-order valence-electron chi connectivity index (χ4n) is 3.36. The summed E-state index contributed by atoms with van der Waals surface area (Å²) in [6.07, 6.45) is 3.97. The summed E-state index contributed by atoms with van der Waals surface area (Å²) in [6, 6.07) is 7.97. The minimum absolute atomic E-state index is 0.0526. The first-order valence-electron chi connectivity index (χ1n) is 9.65. The molecule has 1 saturated heterocycles. The number of nitrogens with one attached hydrogen (secondary N) is 2. The van der Waals surface area contributed by atoms with Gasteiger partial charge in [-0.2, -0.15) is 0 Å². The predicted molar refractivity (Wildman–Crippen MR) is 112 cm³/mol. The fourth-order valence-corrected chi connectivity index (χ4v) is 3.48. The Morgan fingerprint density at radius 1 is 1.26 bits per heavy atom. The quantitative estimate of drug-likeness (QED) is 0.403. The molecule has 27 heavy (non-hydrogen) atoms. The number of hydrogen-bond acceptors (Lipinski definition) is 3. The Balaban J connectivity index is 1.64. The molecule has 2 rings (SSSR count). The zero-order valence-electron chi connectivity index (χ0n) is 16.7. The van der Waals surface area contributed by atoms with E-state index in [4.69, 9.17) is 11.6 Å². The van der Waals surface area contributed by atoms with Crippen LogP contribution in [0.2, 0.25) is 5.02 Å². The highest BCUT2D eigenvalue weighted by molar-refractivity contribution is 6.30. The van der Waals surface area contributed by atoms with Crippen molar-refractivity contribution in [3.63, 3.8) is 0 Å². The molecule has 1 aliphatic heterocycles. The van der Waals surface area contributed by atoms with Crippen molar-refractivity contribution in [1.82, 2.24) is 20.4 Å². The molecule has 1 aromatic carbocycles. The van der Waals surface area contributed by atoms with Crippen molar-refractivity contribution >= 4 is 23.5 Å². The standard InChI is InChI=1S/C20H32ClN5O/c1-22-20(24-13-11-16-7-9-17(21)10-8-16)23-12-5-15-26-14-4-6-18(26)19(27)25(2)3/h7-10,18H,4-6,11-15H2,1-3H3,(H2,22,23,24). The average molecular weight is 394 g/mol. The SMILES string of the molecule is CN=C(NCCCN1CCCC1C(=O)N(C)C)NCCc1ccc(Cl)cc1. The van der Waals surface area contributed by atoms with Crippen molar-refractivity contribution in [2.45, 2.75) is 31.7 Å². The Labute approximate surface area is 168 Å². The topological polar surface area (TPSA) is 60.0 Å². The van der Waals surface area contributed by atoms with E-state index in [-0.39, 0.29) is 11.9 Å². The molecule has 0 saturated carbocycles. The predicted octanol–water partition coefficient (Wildman–Crippen LogP) is 1.99. The summed E-state index contributed by atoms with van der Waals surface area (Å²) >= 11 is 5.91. The number of benzene rings is 1. The van der Waals surface area contributed by atoms with Crippen molar-refractivity contribution in [2.24, 2.45) is 4.99 Å². The molecule has 1 amide bonds. The van der Waals surface area contributed by atoms with Crippen LogP contribution in [0.3, 0.4) is 0 Å². The molecule has 1 unspecified atom stereocenters. The largest absolute Gasteiger partial charge is 0.356 e. The third-order valence-corrected chi connectivity index (χ3v) is 5.10. The van der Waals surface area contributed by atoms with Gasteiger partial charge in [-0.1, -0.05) is 23.7 Å². The number of rotatable bonds is 8. The number of likely N-dealkylation sites (N-methyl/N-ethyl adjacent to an activating group) is 1. The zero-order chi connectivity index (χ0) is 19.6. The lowest BCUT2D eigenvalue weighted by atomic mass is 10.1. The van der Waals surface area contributed by atoms with Crippen LogP contribution in [0.4, 0.5) is 0 Å². The summed E-state index contributed by atoms with van der Waals surface area (Å²) in [5, 5.41) is 7.45. The van der Waals surface area contributed by atoms with Gasteiger partial charge in [-0.05, 0) is 49.9 Å². The van der Waals surface area contributed by atoms with E-state index in [9.17, 15) is 4.79 Å². The summed E-state index contributed by atoms with van der Waals surface area (Å²) in [7, 11) is 5.45. The number of carbonyl (C=O) groups is 1. The first-order valence-corrected chi connectivity index (χ1v) is 10.0.